The Morgan fingerprint density at radius 1 is 0.973 bits per heavy atom. The first-order chi connectivity index (χ1) is 17.7. The first-order valence-corrected chi connectivity index (χ1v) is 13.8. The van der Waals surface area contributed by atoms with Crippen LogP contribution in [0, 0.1) is 11.8 Å². The fourth-order valence-electron chi connectivity index (χ4n) is 5.32. The van der Waals surface area contributed by atoms with Gasteiger partial charge in [-0.25, -0.2) is 0 Å². The Bertz CT molecular complexity index is 779. The second kappa shape index (κ2) is 16.2. The standard InChI is InChI=1S/C26H45N5O6/c1-2-31(23(33)10-6-9-18-11-13-28-14-12-18)17-22(32)29-21(16-24(34)35)26(37)30-20(25(27)36)15-19-7-4-3-5-8-19/h18-21,28H,2-17H2,1H3,(H2,27,36)(H,29,32)(H,30,37)(H,34,35)/t20-,21+/m1/s1. The number of rotatable bonds is 15. The Kier molecular flexibility index (Phi) is 13.4. The molecule has 1 saturated carbocycles. The Labute approximate surface area is 219 Å². The molecule has 4 amide bonds. The van der Waals surface area contributed by atoms with Crippen LogP contribution in [-0.4, -0.2) is 77.9 Å². The zero-order valence-electron chi connectivity index (χ0n) is 22.1. The number of hydrogen-bond donors (Lipinski definition) is 5. The van der Waals surface area contributed by atoms with Crippen molar-refractivity contribution in [2.24, 2.45) is 17.6 Å². The highest BCUT2D eigenvalue weighted by atomic mass is 16.4. The van der Waals surface area contributed by atoms with Gasteiger partial charge >= 0.3 is 5.97 Å². The first-order valence-electron chi connectivity index (χ1n) is 13.8. The number of carbonyl (C=O) groups excluding carboxylic acids is 4. The molecule has 11 nitrogen and oxygen atoms in total. The van der Waals surface area contributed by atoms with E-state index in [1.807, 2.05) is 0 Å². The Morgan fingerprint density at radius 3 is 2.24 bits per heavy atom. The van der Waals surface area contributed by atoms with Crippen molar-refractivity contribution in [3.05, 3.63) is 0 Å². The van der Waals surface area contributed by atoms with Crippen molar-refractivity contribution in [1.82, 2.24) is 20.9 Å². The van der Waals surface area contributed by atoms with E-state index in [9.17, 15) is 29.1 Å². The molecule has 6 N–H and O–H groups in total. The zero-order valence-corrected chi connectivity index (χ0v) is 22.1. The highest BCUT2D eigenvalue weighted by molar-refractivity contribution is 5.94. The summed E-state index contributed by atoms with van der Waals surface area (Å²) in [5.74, 6) is -2.63. The van der Waals surface area contributed by atoms with Gasteiger partial charge in [0.2, 0.25) is 23.6 Å². The number of carbonyl (C=O) groups is 5. The summed E-state index contributed by atoms with van der Waals surface area (Å²) in [4.78, 5) is 63.0. The van der Waals surface area contributed by atoms with Gasteiger partial charge in [0.1, 0.15) is 12.1 Å². The van der Waals surface area contributed by atoms with Crippen LogP contribution in [0.1, 0.15) is 84.0 Å². The minimum absolute atomic E-state index is 0.146. The number of carboxylic acid groups (broad SMARTS) is 1. The number of aliphatic carboxylic acids is 1. The molecule has 2 aliphatic rings. The predicted molar refractivity (Wildman–Crippen MR) is 138 cm³/mol. The summed E-state index contributed by atoms with van der Waals surface area (Å²) < 4.78 is 0. The molecular formula is C26H45N5O6. The van der Waals surface area contributed by atoms with E-state index in [1.54, 1.807) is 6.92 Å². The Morgan fingerprint density at radius 2 is 1.65 bits per heavy atom. The molecule has 1 aliphatic heterocycles. The number of nitrogens with zero attached hydrogens (tertiary/aromatic N) is 1. The highest BCUT2D eigenvalue weighted by Crippen LogP contribution is 2.27. The van der Waals surface area contributed by atoms with Crippen molar-refractivity contribution in [2.45, 2.75) is 96.1 Å². The van der Waals surface area contributed by atoms with Gasteiger partial charge in [-0.3, -0.25) is 24.0 Å². The maximum atomic E-state index is 12.9. The van der Waals surface area contributed by atoms with Crippen molar-refractivity contribution in [1.29, 1.82) is 0 Å². The second-order valence-electron chi connectivity index (χ2n) is 10.4. The Hall–Kier alpha value is -2.69. The van der Waals surface area contributed by atoms with E-state index in [0.29, 0.717) is 25.3 Å². The molecule has 0 aromatic heterocycles. The zero-order chi connectivity index (χ0) is 27.2. The minimum Gasteiger partial charge on any atom is -0.481 e. The molecule has 0 radical (unpaired) electrons. The van der Waals surface area contributed by atoms with Gasteiger partial charge in [0.15, 0.2) is 0 Å². The lowest BCUT2D eigenvalue weighted by Gasteiger charge is -2.27. The topological polar surface area (TPSA) is 171 Å². The fourth-order valence-corrected chi connectivity index (χ4v) is 5.32. The molecule has 1 aliphatic carbocycles. The summed E-state index contributed by atoms with van der Waals surface area (Å²) in [5, 5.41) is 17.6. The van der Waals surface area contributed by atoms with Gasteiger partial charge in [-0.1, -0.05) is 32.1 Å². The lowest BCUT2D eigenvalue weighted by atomic mass is 9.84. The van der Waals surface area contributed by atoms with Gasteiger partial charge in [0.25, 0.3) is 0 Å². The van der Waals surface area contributed by atoms with E-state index in [4.69, 9.17) is 5.73 Å². The molecule has 1 heterocycles. The van der Waals surface area contributed by atoms with E-state index in [1.165, 1.54) is 4.90 Å². The third-order valence-electron chi connectivity index (χ3n) is 7.51. The summed E-state index contributed by atoms with van der Waals surface area (Å²) in [7, 11) is 0. The Balaban J connectivity index is 1.88. The van der Waals surface area contributed by atoms with Crippen LogP contribution < -0.4 is 21.7 Å². The normalized spacial score (nSPS) is 18.4. The maximum absolute atomic E-state index is 12.9. The molecule has 2 rings (SSSR count). The van der Waals surface area contributed by atoms with Crippen molar-refractivity contribution in [3.63, 3.8) is 0 Å². The quantitative estimate of drug-likeness (QED) is 0.212. The highest BCUT2D eigenvalue weighted by Gasteiger charge is 2.30. The average molecular weight is 524 g/mol. The van der Waals surface area contributed by atoms with E-state index < -0.39 is 42.2 Å². The summed E-state index contributed by atoms with van der Waals surface area (Å²) in [6.45, 7) is 3.83. The number of nitrogens with one attached hydrogen (secondary N) is 3. The average Bonchev–Trinajstić information content (AvgIpc) is 2.87. The van der Waals surface area contributed by atoms with E-state index in [-0.39, 0.29) is 18.4 Å². The van der Waals surface area contributed by atoms with Crippen molar-refractivity contribution < 1.29 is 29.1 Å². The fraction of sp³-hybridized carbons (Fsp3) is 0.808. The summed E-state index contributed by atoms with van der Waals surface area (Å²) in [6.07, 6.45) is 9.20. The van der Waals surface area contributed by atoms with Crippen LogP contribution in [0.15, 0.2) is 0 Å². The van der Waals surface area contributed by atoms with Crippen LogP contribution in [0.5, 0.6) is 0 Å². The number of carboxylic acids is 1. The third-order valence-corrected chi connectivity index (χ3v) is 7.51. The van der Waals surface area contributed by atoms with Crippen LogP contribution in [0.2, 0.25) is 0 Å². The van der Waals surface area contributed by atoms with Gasteiger partial charge in [0.05, 0.1) is 13.0 Å². The van der Waals surface area contributed by atoms with E-state index in [0.717, 1.165) is 70.9 Å². The van der Waals surface area contributed by atoms with Crippen molar-refractivity contribution in [3.8, 4) is 0 Å². The van der Waals surface area contributed by atoms with Crippen LogP contribution in [0.3, 0.4) is 0 Å². The van der Waals surface area contributed by atoms with Crippen LogP contribution in [-0.2, 0) is 24.0 Å². The predicted octanol–water partition coefficient (Wildman–Crippen LogP) is 0.905. The van der Waals surface area contributed by atoms with E-state index in [2.05, 4.69) is 16.0 Å². The molecule has 210 valence electrons. The molecule has 37 heavy (non-hydrogen) atoms. The molecule has 11 heteroatoms. The van der Waals surface area contributed by atoms with Crippen molar-refractivity contribution in [2.75, 3.05) is 26.2 Å². The van der Waals surface area contributed by atoms with Crippen LogP contribution >= 0.6 is 0 Å². The third kappa shape index (κ3) is 11.5. The monoisotopic (exact) mass is 523 g/mol. The number of hydrogen-bond acceptors (Lipinski definition) is 6. The lowest BCUT2D eigenvalue weighted by molar-refractivity contribution is -0.142. The molecule has 0 unspecified atom stereocenters. The number of nitrogens with two attached hydrogens (primary N) is 1. The lowest BCUT2D eigenvalue weighted by Crippen LogP contribution is -2.55. The van der Waals surface area contributed by atoms with Gasteiger partial charge in [-0.05, 0) is 64.0 Å². The smallest absolute Gasteiger partial charge is 0.305 e. The number of piperidine rings is 1. The first kappa shape index (κ1) is 30.5. The minimum atomic E-state index is -1.38. The van der Waals surface area contributed by atoms with Crippen LogP contribution in [0.25, 0.3) is 0 Å². The molecule has 0 aromatic rings. The number of likely N-dealkylation sites (N-methyl/N-ethyl adjacent to an activating group) is 1. The van der Waals surface area contributed by atoms with Crippen molar-refractivity contribution >= 4 is 29.6 Å². The molecular weight excluding hydrogens is 478 g/mol. The summed E-state index contributed by atoms with van der Waals surface area (Å²) >= 11 is 0. The molecule has 0 aromatic carbocycles. The number of primary amides is 1. The van der Waals surface area contributed by atoms with Gasteiger partial charge in [-0.15, -0.1) is 0 Å². The maximum Gasteiger partial charge on any atom is 0.305 e. The van der Waals surface area contributed by atoms with Gasteiger partial charge in [0, 0.05) is 13.0 Å². The van der Waals surface area contributed by atoms with Gasteiger partial charge < -0.3 is 31.7 Å². The summed E-state index contributed by atoms with van der Waals surface area (Å²) in [6, 6.07) is -2.32. The molecule has 2 atom stereocenters. The summed E-state index contributed by atoms with van der Waals surface area (Å²) in [5.41, 5.74) is 5.50. The molecule has 0 bridgehead atoms. The molecule has 0 spiro atoms. The largest absolute Gasteiger partial charge is 0.481 e. The van der Waals surface area contributed by atoms with Gasteiger partial charge in [-0.2, -0.15) is 0 Å². The molecule has 1 saturated heterocycles. The molecule has 2 fully saturated rings. The van der Waals surface area contributed by atoms with E-state index >= 15 is 0 Å². The number of amides is 4. The SMILES string of the molecule is CCN(CC(=O)N[C@@H](CC(=O)O)C(=O)N[C@H](CC1CCCCC1)C(N)=O)C(=O)CCCC1CCNCC1. The van der Waals surface area contributed by atoms with Crippen LogP contribution in [0.4, 0.5) is 0 Å². The second-order valence-corrected chi connectivity index (χ2v) is 10.4.